The minimum atomic E-state index is -0.170. The van der Waals surface area contributed by atoms with Gasteiger partial charge in [-0.15, -0.1) is 12.4 Å². The van der Waals surface area contributed by atoms with Gasteiger partial charge in [-0.25, -0.2) is 0 Å². The number of carbonyl (C=O) groups is 1. The van der Waals surface area contributed by atoms with E-state index in [0.717, 1.165) is 18.5 Å². The molecule has 0 aliphatic carbocycles. The van der Waals surface area contributed by atoms with Crippen LogP contribution in [0.15, 0.2) is 24.3 Å². The molecule has 1 heterocycles. The third kappa shape index (κ3) is 3.74. The number of likely N-dealkylation sites (N-methyl/N-ethyl adjacent to an activating group) is 1. The van der Waals surface area contributed by atoms with Gasteiger partial charge in [0.1, 0.15) is 0 Å². The summed E-state index contributed by atoms with van der Waals surface area (Å²) in [6.07, 6.45) is 3.47. The molecular formula is C16H24ClNO2. The lowest BCUT2D eigenvalue weighted by Crippen LogP contribution is -2.43. The van der Waals surface area contributed by atoms with Crippen molar-refractivity contribution in [1.82, 2.24) is 4.90 Å². The van der Waals surface area contributed by atoms with Crippen LogP contribution in [0.4, 0.5) is 0 Å². The number of aryl methyl sites for hydroxylation is 1. The molecule has 1 aliphatic rings. The molecule has 4 heteroatoms. The van der Waals surface area contributed by atoms with Gasteiger partial charge >= 0.3 is 5.97 Å². The van der Waals surface area contributed by atoms with Crippen LogP contribution < -0.4 is 0 Å². The second kappa shape index (κ2) is 7.65. The van der Waals surface area contributed by atoms with Gasteiger partial charge in [-0.2, -0.15) is 0 Å². The zero-order valence-electron chi connectivity index (χ0n) is 12.5. The van der Waals surface area contributed by atoms with E-state index in [1.54, 1.807) is 0 Å². The van der Waals surface area contributed by atoms with E-state index in [0.29, 0.717) is 0 Å². The van der Waals surface area contributed by atoms with Crippen molar-refractivity contribution in [2.75, 3.05) is 20.7 Å². The largest absolute Gasteiger partial charge is 0.469 e. The molecule has 0 aromatic heterocycles. The summed E-state index contributed by atoms with van der Waals surface area (Å²) in [5.74, 6) is -0.293. The van der Waals surface area contributed by atoms with Crippen molar-refractivity contribution >= 4 is 18.4 Å². The molecule has 1 aliphatic heterocycles. The van der Waals surface area contributed by atoms with Gasteiger partial charge < -0.3 is 9.64 Å². The topological polar surface area (TPSA) is 29.5 Å². The highest BCUT2D eigenvalue weighted by atomic mass is 35.5. The summed E-state index contributed by atoms with van der Waals surface area (Å²) in [5.41, 5.74) is 2.28. The highest BCUT2D eigenvalue weighted by molar-refractivity contribution is 5.85. The Morgan fingerprint density at radius 3 is 2.50 bits per heavy atom. The number of likely N-dealkylation sites (tertiary alicyclic amines) is 1. The van der Waals surface area contributed by atoms with E-state index < -0.39 is 0 Å². The molecule has 1 aromatic carbocycles. The number of hydrogen-bond acceptors (Lipinski definition) is 3. The van der Waals surface area contributed by atoms with Crippen molar-refractivity contribution in [3.63, 3.8) is 0 Å². The molecule has 3 nitrogen and oxygen atoms in total. The van der Waals surface area contributed by atoms with Crippen molar-refractivity contribution in [3.05, 3.63) is 35.4 Å². The molecular weight excluding hydrogens is 274 g/mol. The number of rotatable bonds is 3. The number of ether oxygens (including phenoxy) is 1. The van der Waals surface area contributed by atoms with Gasteiger partial charge in [-0.3, -0.25) is 4.79 Å². The predicted molar refractivity (Wildman–Crippen MR) is 83.5 cm³/mol. The minimum absolute atomic E-state index is 0. The number of esters is 1. The van der Waals surface area contributed by atoms with E-state index in [2.05, 4.69) is 43.1 Å². The highest BCUT2D eigenvalue weighted by Crippen LogP contribution is 2.30. The molecule has 0 bridgehead atoms. The van der Waals surface area contributed by atoms with Crippen molar-refractivity contribution in [2.45, 2.75) is 38.1 Å². The number of nitrogens with zero attached hydrogens (tertiary/aromatic N) is 1. The van der Waals surface area contributed by atoms with Crippen LogP contribution in [-0.4, -0.2) is 37.6 Å². The fourth-order valence-electron chi connectivity index (χ4n) is 2.94. The third-order valence-corrected chi connectivity index (χ3v) is 4.10. The van der Waals surface area contributed by atoms with Crippen LogP contribution in [0.3, 0.4) is 0 Å². The average Bonchev–Trinajstić information content (AvgIpc) is 2.43. The second-order valence-corrected chi connectivity index (χ2v) is 5.46. The Morgan fingerprint density at radius 1 is 1.30 bits per heavy atom. The van der Waals surface area contributed by atoms with Crippen LogP contribution in [0.1, 0.15) is 36.3 Å². The quantitative estimate of drug-likeness (QED) is 0.803. The normalized spacial score (nSPS) is 20.9. The van der Waals surface area contributed by atoms with Crippen LogP contribution in [0.5, 0.6) is 0 Å². The Morgan fingerprint density at radius 2 is 1.95 bits per heavy atom. The third-order valence-electron chi connectivity index (χ3n) is 4.10. The number of piperidine rings is 1. The monoisotopic (exact) mass is 297 g/mol. The smallest absolute Gasteiger partial charge is 0.314 e. The Labute approximate surface area is 127 Å². The summed E-state index contributed by atoms with van der Waals surface area (Å²) in [7, 11) is 3.58. The maximum Gasteiger partial charge on any atom is 0.314 e. The van der Waals surface area contributed by atoms with Crippen molar-refractivity contribution in [1.29, 1.82) is 0 Å². The van der Waals surface area contributed by atoms with E-state index in [1.807, 2.05) is 0 Å². The van der Waals surface area contributed by atoms with Crippen molar-refractivity contribution < 1.29 is 9.53 Å². The SMILES string of the molecule is COC(=O)C(c1ccc(C)cc1)C1CCCCN1C.Cl. The Kier molecular flexibility index (Phi) is 6.50. The summed E-state index contributed by atoms with van der Waals surface area (Å²) in [5, 5.41) is 0. The summed E-state index contributed by atoms with van der Waals surface area (Å²) in [4.78, 5) is 14.5. The lowest BCUT2D eigenvalue weighted by Gasteiger charge is -2.37. The first-order chi connectivity index (χ1) is 9.13. The van der Waals surface area contributed by atoms with Gasteiger partial charge in [0, 0.05) is 6.04 Å². The fraction of sp³-hybridized carbons (Fsp3) is 0.562. The molecule has 112 valence electrons. The molecule has 0 spiro atoms. The standard InChI is InChI=1S/C16H23NO2.ClH/c1-12-7-9-13(10-8-12)15(16(18)19-3)14-6-4-5-11-17(14)2;/h7-10,14-15H,4-6,11H2,1-3H3;1H. The molecule has 0 N–H and O–H groups in total. The highest BCUT2D eigenvalue weighted by Gasteiger charge is 2.34. The Bertz CT molecular complexity index is 433. The van der Waals surface area contributed by atoms with E-state index in [1.165, 1.54) is 25.5 Å². The molecule has 0 amide bonds. The minimum Gasteiger partial charge on any atom is -0.469 e. The van der Waals surface area contributed by atoms with Crippen LogP contribution in [0.2, 0.25) is 0 Å². The van der Waals surface area contributed by atoms with Crippen LogP contribution in [0, 0.1) is 6.92 Å². The van der Waals surface area contributed by atoms with Gasteiger partial charge in [-0.1, -0.05) is 36.2 Å². The molecule has 2 unspecified atom stereocenters. The molecule has 0 radical (unpaired) electrons. The summed E-state index contributed by atoms with van der Waals surface area (Å²) in [6, 6.07) is 8.49. The Balaban J connectivity index is 0.00000200. The lowest BCUT2D eigenvalue weighted by atomic mass is 9.85. The number of halogens is 1. The van der Waals surface area contributed by atoms with E-state index in [9.17, 15) is 4.79 Å². The molecule has 0 saturated carbocycles. The van der Waals surface area contributed by atoms with Gasteiger partial charge in [0.15, 0.2) is 0 Å². The van der Waals surface area contributed by atoms with Gasteiger partial charge in [0.2, 0.25) is 0 Å². The first kappa shape index (κ1) is 17.0. The average molecular weight is 298 g/mol. The van der Waals surface area contributed by atoms with Crippen LogP contribution in [-0.2, 0) is 9.53 Å². The summed E-state index contributed by atoms with van der Waals surface area (Å²) in [6.45, 7) is 3.12. The first-order valence-electron chi connectivity index (χ1n) is 6.98. The molecule has 2 rings (SSSR count). The fourth-order valence-corrected chi connectivity index (χ4v) is 2.94. The van der Waals surface area contributed by atoms with E-state index in [-0.39, 0.29) is 30.3 Å². The van der Waals surface area contributed by atoms with Crippen molar-refractivity contribution in [3.8, 4) is 0 Å². The van der Waals surface area contributed by atoms with Crippen LogP contribution >= 0.6 is 12.4 Å². The molecule has 1 saturated heterocycles. The molecule has 20 heavy (non-hydrogen) atoms. The second-order valence-electron chi connectivity index (χ2n) is 5.46. The van der Waals surface area contributed by atoms with E-state index in [4.69, 9.17) is 4.74 Å². The molecule has 2 atom stereocenters. The molecule has 1 aromatic rings. The zero-order chi connectivity index (χ0) is 13.8. The molecule has 1 fully saturated rings. The zero-order valence-corrected chi connectivity index (χ0v) is 13.3. The summed E-state index contributed by atoms with van der Waals surface area (Å²) >= 11 is 0. The number of methoxy groups -OCH3 is 1. The Hall–Kier alpha value is -1.06. The lowest BCUT2D eigenvalue weighted by molar-refractivity contribution is -0.144. The number of hydrogen-bond donors (Lipinski definition) is 0. The van der Waals surface area contributed by atoms with Crippen LogP contribution in [0.25, 0.3) is 0 Å². The van der Waals surface area contributed by atoms with Gasteiger partial charge in [0.25, 0.3) is 0 Å². The van der Waals surface area contributed by atoms with E-state index >= 15 is 0 Å². The number of carbonyl (C=O) groups excluding carboxylic acids is 1. The predicted octanol–water partition coefficient (Wildman–Crippen LogP) is 3.16. The summed E-state index contributed by atoms with van der Waals surface area (Å²) < 4.78 is 5.03. The maximum absolute atomic E-state index is 12.2. The van der Waals surface area contributed by atoms with Gasteiger partial charge in [-0.05, 0) is 38.9 Å². The number of benzene rings is 1. The first-order valence-corrected chi connectivity index (χ1v) is 6.98. The van der Waals surface area contributed by atoms with Gasteiger partial charge in [0.05, 0.1) is 13.0 Å². The van der Waals surface area contributed by atoms with Crippen molar-refractivity contribution in [2.24, 2.45) is 0 Å². The maximum atomic E-state index is 12.2.